The van der Waals surface area contributed by atoms with E-state index >= 15 is 0 Å². The van der Waals surface area contributed by atoms with Crippen molar-refractivity contribution in [1.29, 1.82) is 0 Å². The predicted molar refractivity (Wildman–Crippen MR) is 96.0 cm³/mol. The second kappa shape index (κ2) is 6.91. The monoisotopic (exact) mass is 397 g/mol. The predicted octanol–water partition coefficient (Wildman–Crippen LogP) is 1.43. The van der Waals surface area contributed by atoms with Gasteiger partial charge >= 0.3 is 0 Å². The number of fused-ring (bicyclic) bond motifs is 2. The van der Waals surface area contributed by atoms with Crippen LogP contribution in [0, 0.1) is 11.6 Å². The summed E-state index contributed by atoms with van der Waals surface area (Å²) >= 11 is 0. The molecule has 29 heavy (non-hydrogen) atoms. The number of hydrogen-bond acceptors (Lipinski definition) is 4. The van der Waals surface area contributed by atoms with Crippen LogP contribution in [0.2, 0.25) is 0 Å². The molecular weight excluding hydrogens is 384 g/mol. The van der Waals surface area contributed by atoms with Crippen LogP contribution < -0.4 is 10.7 Å². The van der Waals surface area contributed by atoms with Gasteiger partial charge in [-0.1, -0.05) is 11.8 Å². The van der Waals surface area contributed by atoms with Gasteiger partial charge in [-0.2, -0.15) is 0 Å². The second-order valence-corrected chi connectivity index (χ2v) is 6.45. The first kappa shape index (κ1) is 18.4. The summed E-state index contributed by atoms with van der Waals surface area (Å²) in [5.41, 5.74) is 4.41. The largest absolute Gasteiger partial charge is 0.503 e. The summed E-state index contributed by atoms with van der Waals surface area (Å²) in [7, 11) is 0. The van der Waals surface area contributed by atoms with Crippen LogP contribution in [-0.2, 0) is 13.1 Å². The number of amides is 2. The van der Waals surface area contributed by atoms with Crippen molar-refractivity contribution >= 4 is 11.8 Å². The van der Waals surface area contributed by atoms with Gasteiger partial charge in [-0.05, 0) is 17.9 Å². The molecule has 2 aliphatic heterocycles. The number of benzene rings is 1. The number of halogens is 2. The van der Waals surface area contributed by atoms with E-state index in [1.165, 1.54) is 15.5 Å². The van der Waals surface area contributed by atoms with Gasteiger partial charge in [-0.25, -0.2) is 8.78 Å². The molecule has 1 aromatic heterocycles. The lowest BCUT2D eigenvalue weighted by Gasteiger charge is -2.31. The van der Waals surface area contributed by atoms with Gasteiger partial charge in [0.05, 0.1) is 18.8 Å². The molecule has 7 nitrogen and oxygen atoms in total. The highest BCUT2D eigenvalue weighted by molar-refractivity contribution is 6.00. The van der Waals surface area contributed by atoms with Gasteiger partial charge in [0.2, 0.25) is 5.43 Å². The molecule has 2 aliphatic rings. The number of carbonyl (C=O) groups excluding carboxylic acids is 2. The zero-order valence-electron chi connectivity index (χ0n) is 14.8. The Morgan fingerprint density at radius 1 is 1.28 bits per heavy atom. The molecule has 0 aliphatic carbocycles. The summed E-state index contributed by atoms with van der Waals surface area (Å²) in [4.78, 5) is 38.9. The van der Waals surface area contributed by atoms with E-state index in [1.54, 1.807) is 6.08 Å². The minimum Gasteiger partial charge on any atom is -0.503 e. The fourth-order valence-corrected chi connectivity index (χ4v) is 3.16. The van der Waals surface area contributed by atoms with E-state index < -0.39 is 40.2 Å². The highest BCUT2D eigenvalue weighted by Crippen LogP contribution is 2.25. The highest BCUT2D eigenvalue weighted by atomic mass is 19.1. The molecule has 0 saturated carbocycles. The number of aromatic nitrogens is 1. The van der Waals surface area contributed by atoms with Crippen molar-refractivity contribution in [2.45, 2.75) is 13.1 Å². The molecule has 2 aromatic rings. The normalized spacial score (nSPS) is 14.3. The Hall–Kier alpha value is -3.93. The van der Waals surface area contributed by atoms with E-state index in [2.05, 4.69) is 16.8 Å². The fourth-order valence-electron chi connectivity index (χ4n) is 3.16. The molecule has 0 bridgehead atoms. The van der Waals surface area contributed by atoms with E-state index in [0.717, 1.165) is 12.3 Å². The molecule has 2 N–H and O–H groups in total. The molecule has 1 aromatic carbocycles. The van der Waals surface area contributed by atoms with Gasteiger partial charge in [0.1, 0.15) is 17.2 Å². The van der Waals surface area contributed by atoms with Crippen molar-refractivity contribution in [1.82, 2.24) is 14.8 Å². The molecule has 0 unspecified atom stereocenters. The topological polar surface area (TPSA) is 91.6 Å². The van der Waals surface area contributed by atoms with E-state index in [0.29, 0.717) is 11.8 Å². The Kier molecular flexibility index (Phi) is 4.39. The number of rotatable bonds is 3. The van der Waals surface area contributed by atoms with Crippen LogP contribution in [0.15, 0.2) is 52.4 Å². The average molecular weight is 397 g/mol. The van der Waals surface area contributed by atoms with Gasteiger partial charge in [-0.3, -0.25) is 19.3 Å². The van der Waals surface area contributed by atoms with Crippen LogP contribution in [0.5, 0.6) is 5.75 Å². The maximum atomic E-state index is 13.7. The summed E-state index contributed by atoms with van der Waals surface area (Å²) in [6.45, 7) is 0.0428. The molecule has 4 rings (SSSR count). The molecule has 0 spiro atoms. The quantitative estimate of drug-likeness (QED) is 0.767. The molecule has 0 radical (unpaired) electrons. The minimum atomic E-state index is -1.02. The van der Waals surface area contributed by atoms with Gasteiger partial charge in [0, 0.05) is 24.4 Å². The summed E-state index contributed by atoms with van der Waals surface area (Å²) in [5.74, 6) is -3.90. The lowest BCUT2D eigenvalue weighted by molar-refractivity contribution is 0.0771. The van der Waals surface area contributed by atoms with Gasteiger partial charge in [-0.15, -0.1) is 0 Å². The zero-order chi connectivity index (χ0) is 20.7. The molecule has 0 fully saturated rings. The number of pyridine rings is 1. The number of aromatic hydroxyl groups is 1. The molecule has 0 saturated heterocycles. The van der Waals surface area contributed by atoms with Gasteiger partial charge < -0.3 is 15.0 Å². The van der Waals surface area contributed by atoms with E-state index in [9.17, 15) is 28.3 Å². The summed E-state index contributed by atoms with van der Waals surface area (Å²) < 4.78 is 28.0. The summed E-state index contributed by atoms with van der Waals surface area (Å²) in [6, 6.07) is 2.89. The van der Waals surface area contributed by atoms with E-state index in [1.807, 2.05) is 0 Å². The Morgan fingerprint density at radius 3 is 2.83 bits per heavy atom. The maximum absolute atomic E-state index is 13.7. The molecule has 146 valence electrons. The smallest absolute Gasteiger partial charge is 0.279 e. The number of hydrogen-bond donors (Lipinski definition) is 2. The first-order chi connectivity index (χ1) is 13.9. The number of nitrogens with one attached hydrogen (secondary N) is 1. The first-order valence-corrected chi connectivity index (χ1v) is 8.56. The minimum absolute atomic E-state index is 0.0251. The van der Waals surface area contributed by atoms with E-state index in [4.69, 9.17) is 0 Å². The first-order valence-electron chi connectivity index (χ1n) is 8.56. The summed E-state index contributed by atoms with van der Waals surface area (Å²) in [6.07, 6.45) is 2.75. The summed E-state index contributed by atoms with van der Waals surface area (Å²) in [5, 5.41) is 12.6. The van der Waals surface area contributed by atoms with Crippen molar-refractivity contribution in [2.24, 2.45) is 0 Å². The van der Waals surface area contributed by atoms with Crippen LogP contribution in [0.1, 0.15) is 26.4 Å². The Balaban J connectivity index is 1.66. The lowest BCUT2D eigenvalue weighted by atomic mass is 10.1. The molecule has 0 atom stereocenters. The standard InChI is InChI=1S/C20H13F2N3O4/c21-12-5-4-11(15(22)7-12)8-23-19(28)14-10-24-9-13-3-1-2-6-25(13)20(29)16(24)18(27)17(14)26/h2,4-5,7,10,27H,6,8-9H2,(H,23,28). The molecule has 2 amide bonds. The van der Waals surface area contributed by atoms with Crippen LogP contribution >= 0.6 is 0 Å². The van der Waals surface area contributed by atoms with Crippen molar-refractivity contribution in [3.63, 3.8) is 0 Å². The number of carbonyl (C=O) groups is 2. The third kappa shape index (κ3) is 3.14. The fraction of sp³-hybridized carbons (Fsp3) is 0.150. The molecule has 9 heteroatoms. The third-order valence-electron chi connectivity index (χ3n) is 4.64. The SMILES string of the molecule is O=C(NCc1ccc(F)cc1F)c1cn2c(c(O)c1=O)C(=O)N1CC=C=C=C1C2. The second-order valence-electron chi connectivity index (χ2n) is 6.45. The number of nitrogens with zero attached hydrogens (tertiary/aromatic N) is 2. The molecule has 3 heterocycles. The maximum Gasteiger partial charge on any atom is 0.279 e. The van der Waals surface area contributed by atoms with Crippen LogP contribution in [0.25, 0.3) is 0 Å². The third-order valence-corrected chi connectivity index (χ3v) is 4.64. The highest BCUT2D eigenvalue weighted by Gasteiger charge is 2.33. The van der Waals surface area contributed by atoms with Gasteiger partial charge in [0.25, 0.3) is 11.8 Å². The number of allylic oxidation sites excluding steroid dienone is 1. The van der Waals surface area contributed by atoms with E-state index in [-0.39, 0.29) is 30.9 Å². The van der Waals surface area contributed by atoms with Crippen LogP contribution in [0.3, 0.4) is 0 Å². The van der Waals surface area contributed by atoms with Crippen molar-refractivity contribution in [3.8, 4) is 5.75 Å². The zero-order valence-corrected chi connectivity index (χ0v) is 14.8. The van der Waals surface area contributed by atoms with Crippen LogP contribution in [-0.4, -0.2) is 32.9 Å². The average Bonchev–Trinajstić information content (AvgIpc) is 2.70. The lowest BCUT2D eigenvalue weighted by Crippen LogP contribution is -2.41. The Bertz CT molecular complexity index is 1240. The molecular formula is C20H13F2N3O4. The Labute approximate surface area is 162 Å². The Morgan fingerprint density at radius 2 is 2.07 bits per heavy atom. The van der Waals surface area contributed by atoms with Gasteiger partial charge in [0.15, 0.2) is 11.4 Å². The van der Waals surface area contributed by atoms with Crippen molar-refractivity contribution in [3.05, 3.63) is 86.3 Å². The van der Waals surface area contributed by atoms with Crippen molar-refractivity contribution in [2.75, 3.05) is 6.54 Å². The van der Waals surface area contributed by atoms with Crippen LogP contribution in [0.4, 0.5) is 8.78 Å². The van der Waals surface area contributed by atoms with Crippen molar-refractivity contribution < 1.29 is 23.5 Å².